The number of anilines is 1. The number of nitrogens with one attached hydrogen (secondary N) is 2. The van der Waals surface area contributed by atoms with E-state index in [4.69, 9.17) is 11.6 Å². The molecule has 0 saturated carbocycles. The summed E-state index contributed by atoms with van der Waals surface area (Å²) in [5, 5.41) is 6.23. The van der Waals surface area contributed by atoms with Gasteiger partial charge >= 0.3 is 6.03 Å². The van der Waals surface area contributed by atoms with Crippen LogP contribution in [0.15, 0.2) is 11.6 Å². The Hall–Kier alpha value is -1.14. The van der Waals surface area contributed by atoms with E-state index in [1.807, 2.05) is 0 Å². The minimum atomic E-state index is -0.569. The van der Waals surface area contributed by atoms with Crippen LogP contribution in [0.2, 0.25) is 0 Å². The van der Waals surface area contributed by atoms with Gasteiger partial charge in [-0.05, 0) is 11.5 Å². The maximum absolute atomic E-state index is 11.1. The van der Waals surface area contributed by atoms with Gasteiger partial charge in [0, 0.05) is 17.7 Å². The molecule has 76 valence electrons. The molecule has 0 aliphatic rings. The standard InChI is InChI=1S/C7H8ClN3O2S/c8-2-1-6(12)11-7(13)10-5-3-9-14-4-5/h3-4H,1-2H2,(H2,10,11,12,13). The molecule has 14 heavy (non-hydrogen) atoms. The largest absolute Gasteiger partial charge is 0.325 e. The Labute approximate surface area is 89.6 Å². The van der Waals surface area contributed by atoms with Crippen molar-refractivity contribution in [2.75, 3.05) is 11.2 Å². The van der Waals surface area contributed by atoms with Gasteiger partial charge in [0.15, 0.2) is 0 Å². The van der Waals surface area contributed by atoms with Crippen LogP contribution in [-0.4, -0.2) is 22.2 Å². The first kappa shape index (κ1) is 10.9. The Kier molecular flexibility index (Phi) is 4.34. The molecule has 0 aromatic carbocycles. The number of amides is 3. The van der Waals surface area contributed by atoms with Gasteiger partial charge in [0.25, 0.3) is 0 Å². The van der Waals surface area contributed by atoms with Crippen LogP contribution in [-0.2, 0) is 4.79 Å². The van der Waals surface area contributed by atoms with E-state index in [0.717, 1.165) is 0 Å². The topological polar surface area (TPSA) is 71.1 Å². The highest BCUT2D eigenvalue weighted by atomic mass is 35.5. The highest BCUT2D eigenvalue weighted by Gasteiger charge is 2.06. The van der Waals surface area contributed by atoms with Crippen LogP contribution in [0.3, 0.4) is 0 Å². The van der Waals surface area contributed by atoms with Crippen LogP contribution in [0.4, 0.5) is 10.5 Å². The first-order valence-electron chi connectivity index (χ1n) is 3.78. The number of urea groups is 1. The zero-order valence-electron chi connectivity index (χ0n) is 7.12. The molecule has 0 saturated heterocycles. The predicted octanol–water partition coefficient (Wildman–Crippen LogP) is 1.42. The molecule has 0 unspecified atom stereocenters. The number of alkyl halides is 1. The molecule has 1 aromatic rings. The van der Waals surface area contributed by atoms with Crippen LogP contribution < -0.4 is 10.6 Å². The predicted molar refractivity (Wildman–Crippen MR) is 54.6 cm³/mol. The van der Waals surface area contributed by atoms with Gasteiger partial charge in [-0.3, -0.25) is 10.1 Å². The number of carbonyl (C=O) groups is 2. The fraction of sp³-hybridized carbons (Fsp3) is 0.286. The molecule has 0 bridgehead atoms. The van der Waals surface area contributed by atoms with Crippen molar-refractivity contribution < 1.29 is 9.59 Å². The van der Waals surface area contributed by atoms with E-state index in [1.165, 1.54) is 17.7 Å². The Balaban J connectivity index is 2.33. The first-order chi connectivity index (χ1) is 6.72. The SMILES string of the molecule is O=C(CCCl)NC(=O)Nc1cnsc1. The molecule has 3 amide bonds. The van der Waals surface area contributed by atoms with Crippen molar-refractivity contribution >= 4 is 40.8 Å². The number of hydrogen-bond donors (Lipinski definition) is 2. The summed E-state index contributed by atoms with van der Waals surface area (Å²) in [6.45, 7) is 0. The van der Waals surface area contributed by atoms with Gasteiger partial charge in [-0.25, -0.2) is 4.79 Å². The van der Waals surface area contributed by atoms with Gasteiger partial charge in [0.1, 0.15) is 0 Å². The molecule has 0 aliphatic carbocycles. The van der Waals surface area contributed by atoms with E-state index in [0.29, 0.717) is 5.69 Å². The quantitative estimate of drug-likeness (QED) is 0.776. The van der Waals surface area contributed by atoms with E-state index >= 15 is 0 Å². The smallest absolute Gasteiger partial charge is 0.305 e. The number of halogens is 1. The normalized spacial score (nSPS) is 9.50. The molecule has 0 radical (unpaired) electrons. The summed E-state index contributed by atoms with van der Waals surface area (Å²) in [5.41, 5.74) is 0.561. The Morgan fingerprint density at radius 3 is 2.93 bits per heavy atom. The van der Waals surface area contributed by atoms with E-state index in [9.17, 15) is 9.59 Å². The van der Waals surface area contributed by atoms with Gasteiger partial charge in [0.2, 0.25) is 5.91 Å². The summed E-state index contributed by atoms with van der Waals surface area (Å²) in [5.74, 6) is -0.209. The second kappa shape index (κ2) is 5.56. The molecule has 5 nitrogen and oxygen atoms in total. The van der Waals surface area contributed by atoms with E-state index < -0.39 is 11.9 Å². The van der Waals surface area contributed by atoms with Gasteiger partial charge in [-0.2, -0.15) is 4.37 Å². The maximum atomic E-state index is 11.1. The minimum absolute atomic E-state index is 0.122. The molecule has 0 fully saturated rings. The van der Waals surface area contributed by atoms with Crippen molar-refractivity contribution in [2.45, 2.75) is 6.42 Å². The maximum Gasteiger partial charge on any atom is 0.325 e. The summed E-state index contributed by atoms with van der Waals surface area (Å²) < 4.78 is 3.78. The molecule has 0 spiro atoms. The number of hydrogen-bond acceptors (Lipinski definition) is 4. The van der Waals surface area contributed by atoms with E-state index in [2.05, 4.69) is 15.0 Å². The van der Waals surface area contributed by atoms with Crippen molar-refractivity contribution in [3.8, 4) is 0 Å². The van der Waals surface area contributed by atoms with Crippen molar-refractivity contribution in [1.82, 2.24) is 9.69 Å². The highest BCUT2D eigenvalue weighted by Crippen LogP contribution is 2.07. The fourth-order valence-electron chi connectivity index (χ4n) is 0.704. The lowest BCUT2D eigenvalue weighted by Gasteiger charge is -2.02. The molecule has 0 atom stereocenters. The molecule has 1 rings (SSSR count). The summed E-state index contributed by atoms with van der Waals surface area (Å²) in [4.78, 5) is 22.0. The lowest BCUT2D eigenvalue weighted by atomic mass is 10.4. The van der Waals surface area contributed by atoms with Crippen LogP contribution in [0.1, 0.15) is 6.42 Å². The van der Waals surface area contributed by atoms with E-state index in [-0.39, 0.29) is 12.3 Å². The van der Waals surface area contributed by atoms with Gasteiger partial charge in [0.05, 0.1) is 11.9 Å². The average molecular weight is 234 g/mol. The van der Waals surface area contributed by atoms with Crippen molar-refractivity contribution in [1.29, 1.82) is 0 Å². The van der Waals surface area contributed by atoms with Gasteiger partial charge in [-0.15, -0.1) is 11.6 Å². The number of rotatable bonds is 3. The Morgan fingerprint density at radius 1 is 1.57 bits per heavy atom. The van der Waals surface area contributed by atoms with Crippen LogP contribution >= 0.6 is 23.1 Å². The van der Waals surface area contributed by atoms with Crippen LogP contribution in [0.5, 0.6) is 0 Å². The second-order valence-electron chi connectivity index (χ2n) is 2.35. The molecular formula is C7H8ClN3O2S. The van der Waals surface area contributed by atoms with E-state index in [1.54, 1.807) is 5.38 Å². The van der Waals surface area contributed by atoms with Crippen LogP contribution in [0, 0.1) is 0 Å². The van der Waals surface area contributed by atoms with Gasteiger partial charge in [-0.1, -0.05) is 0 Å². The lowest BCUT2D eigenvalue weighted by Crippen LogP contribution is -2.34. The van der Waals surface area contributed by atoms with Crippen molar-refractivity contribution in [3.63, 3.8) is 0 Å². The monoisotopic (exact) mass is 233 g/mol. The molecular weight excluding hydrogens is 226 g/mol. The third kappa shape index (κ3) is 3.71. The zero-order chi connectivity index (χ0) is 10.4. The zero-order valence-corrected chi connectivity index (χ0v) is 8.69. The molecule has 1 heterocycles. The fourth-order valence-corrected chi connectivity index (χ4v) is 1.34. The molecule has 7 heteroatoms. The van der Waals surface area contributed by atoms with Crippen LogP contribution in [0.25, 0.3) is 0 Å². The third-order valence-corrected chi connectivity index (χ3v) is 2.04. The summed E-state index contributed by atoms with van der Waals surface area (Å²) >= 11 is 6.53. The minimum Gasteiger partial charge on any atom is -0.305 e. The molecule has 1 aromatic heterocycles. The third-order valence-electron chi connectivity index (χ3n) is 1.26. The van der Waals surface area contributed by atoms with Crippen molar-refractivity contribution in [2.24, 2.45) is 0 Å². The molecule has 2 N–H and O–H groups in total. The summed E-state index contributed by atoms with van der Waals surface area (Å²) in [6.07, 6.45) is 1.62. The number of aromatic nitrogens is 1. The first-order valence-corrected chi connectivity index (χ1v) is 5.15. The Bertz CT molecular complexity index is 315. The summed E-state index contributed by atoms with van der Waals surface area (Å²) in [6, 6.07) is -0.569. The number of carbonyl (C=O) groups excluding carboxylic acids is 2. The summed E-state index contributed by atoms with van der Waals surface area (Å²) in [7, 11) is 0. The van der Waals surface area contributed by atoms with Crippen molar-refractivity contribution in [3.05, 3.63) is 11.6 Å². The number of nitrogens with zero attached hydrogens (tertiary/aromatic N) is 1. The number of imide groups is 1. The molecule has 0 aliphatic heterocycles. The lowest BCUT2D eigenvalue weighted by molar-refractivity contribution is -0.119. The highest BCUT2D eigenvalue weighted by molar-refractivity contribution is 7.04. The van der Waals surface area contributed by atoms with Gasteiger partial charge < -0.3 is 5.32 Å². The average Bonchev–Trinajstić information content (AvgIpc) is 2.56. The second-order valence-corrected chi connectivity index (χ2v) is 3.39. The Morgan fingerprint density at radius 2 is 2.36 bits per heavy atom.